The summed E-state index contributed by atoms with van der Waals surface area (Å²) in [6, 6.07) is 9.35. The van der Waals surface area contributed by atoms with Gasteiger partial charge < -0.3 is 14.3 Å². The van der Waals surface area contributed by atoms with Gasteiger partial charge in [-0.15, -0.1) is 5.10 Å². The largest absolute Gasteiger partial charge is 0.459 e. The van der Waals surface area contributed by atoms with Crippen LogP contribution < -0.4 is 5.56 Å². The van der Waals surface area contributed by atoms with Gasteiger partial charge in [0.15, 0.2) is 16.9 Å². The lowest BCUT2D eigenvalue weighted by Gasteiger charge is -2.31. The van der Waals surface area contributed by atoms with E-state index in [1.54, 1.807) is 29.2 Å². The molecular weight excluding hydrogens is 403 g/mol. The Hall–Kier alpha value is -3.82. The third-order valence-electron chi connectivity index (χ3n) is 5.46. The number of likely N-dealkylation sites (tertiary alicyclic amines) is 1. The Morgan fingerprint density at radius 1 is 1.26 bits per heavy atom. The van der Waals surface area contributed by atoms with Crippen molar-refractivity contribution in [3.8, 4) is 0 Å². The van der Waals surface area contributed by atoms with Gasteiger partial charge in [-0.25, -0.2) is 14.1 Å². The van der Waals surface area contributed by atoms with E-state index < -0.39 is 0 Å². The third-order valence-corrected chi connectivity index (χ3v) is 5.46. The van der Waals surface area contributed by atoms with Crippen LogP contribution in [0.1, 0.15) is 40.7 Å². The number of fused-ring (bicyclic) bond motifs is 1. The highest BCUT2D eigenvalue weighted by atomic mass is 19.1. The number of furan rings is 1. The van der Waals surface area contributed by atoms with Crippen molar-refractivity contribution in [3.63, 3.8) is 0 Å². The number of hydrogen-bond donors (Lipinski definition) is 1. The first-order valence-corrected chi connectivity index (χ1v) is 9.99. The highest BCUT2D eigenvalue weighted by Gasteiger charge is 2.29. The molecule has 1 aromatic carbocycles. The van der Waals surface area contributed by atoms with Crippen molar-refractivity contribution in [1.29, 1.82) is 0 Å². The van der Waals surface area contributed by atoms with Crippen molar-refractivity contribution >= 4 is 17.1 Å². The number of H-pyrrole nitrogens is 1. The molecule has 10 heteroatoms. The standard InChI is InChI=1S/C21H19FN6O3/c22-15-7-5-13(6-8-15)11-28-19-17(25-26-28)20(29)24-18(23-19)14-3-1-9-27(12-14)21(30)16-4-2-10-31-16/h2,4-8,10,14H,1,3,9,11-12H2,(H,23,24,29)/t14-/m0/s1. The number of amides is 1. The monoisotopic (exact) mass is 422 g/mol. The average molecular weight is 422 g/mol. The summed E-state index contributed by atoms with van der Waals surface area (Å²) in [6.45, 7) is 1.35. The Morgan fingerprint density at radius 3 is 2.87 bits per heavy atom. The first-order chi connectivity index (χ1) is 15.1. The zero-order valence-electron chi connectivity index (χ0n) is 16.5. The Morgan fingerprint density at radius 2 is 2.10 bits per heavy atom. The minimum absolute atomic E-state index is 0.126. The van der Waals surface area contributed by atoms with Gasteiger partial charge in [0.1, 0.15) is 11.6 Å². The Kier molecular flexibility index (Phi) is 4.81. The van der Waals surface area contributed by atoms with E-state index in [-0.39, 0.29) is 28.7 Å². The maximum atomic E-state index is 13.2. The van der Waals surface area contributed by atoms with Crippen LogP contribution in [0.4, 0.5) is 4.39 Å². The zero-order chi connectivity index (χ0) is 21.4. The van der Waals surface area contributed by atoms with E-state index in [1.807, 2.05) is 0 Å². The van der Waals surface area contributed by atoms with Gasteiger partial charge >= 0.3 is 0 Å². The van der Waals surface area contributed by atoms with Gasteiger partial charge in [-0.05, 0) is 42.7 Å². The number of hydrogen-bond acceptors (Lipinski definition) is 6. The smallest absolute Gasteiger partial charge is 0.289 e. The van der Waals surface area contributed by atoms with Crippen molar-refractivity contribution in [3.05, 3.63) is 76.0 Å². The number of carbonyl (C=O) groups excluding carboxylic acids is 1. The minimum Gasteiger partial charge on any atom is -0.459 e. The Bertz CT molecular complexity index is 1280. The van der Waals surface area contributed by atoms with E-state index >= 15 is 0 Å². The SMILES string of the molecule is O=C(c1ccco1)N1CCC[C@H](c2nc3c(nnn3Cc3ccc(F)cc3)c(=O)[nH]2)C1. The summed E-state index contributed by atoms with van der Waals surface area (Å²) >= 11 is 0. The maximum absolute atomic E-state index is 13.2. The number of halogens is 1. The highest BCUT2D eigenvalue weighted by Crippen LogP contribution is 2.26. The molecule has 0 saturated carbocycles. The van der Waals surface area contributed by atoms with Crippen LogP contribution in [-0.2, 0) is 6.54 Å². The van der Waals surface area contributed by atoms with Crippen molar-refractivity contribution in [1.82, 2.24) is 29.9 Å². The lowest BCUT2D eigenvalue weighted by atomic mass is 9.97. The topological polar surface area (TPSA) is 110 Å². The maximum Gasteiger partial charge on any atom is 0.289 e. The molecule has 4 heterocycles. The number of piperidine rings is 1. The quantitative estimate of drug-likeness (QED) is 0.541. The third kappa shape index (κ3) is 3.72. The van der Waals surface area contributed by atoms with Crippen LogP contribution in [0.5, 0.6) is 0 Å². The van der Waals surface area contributed by atoms with Crippen LogP contribution in [0, 0.1) is 5.82 Å². The number of aromatic nitrogens is 5. The Balaban J connectivity index is 1.43. The fourth-order valence-electron chi connectivity index (χ4n) is 3.89. The molecule has 31 heavy (non-hydrogen) atoms. The van der Waals surface area contributed by atoms with Gasteiger partial charge in [-0.2, -0.15) is 0 Å². The molecule has 3 aromatic heterocycles. The molecule has 4 aromatic rings. The molecule has 9 nitrogen and oxygen atoms in total. The summed E-state index contributed by atoms with van der Waals surface area (Å²) in [6.07, 6.45) is 3.04. The highest BCUT2D eigenvalue weighted by molar-refractivity contribution is 5.91. The second kappa shape index (κ2) is 7.78. The predicted octanol–water partition coefficient (Wildman–Crippen LogP) is 2.31. The van der Waals surface area contributed by atoms with E-state index in [0.717, 1.165) is 18.4 Å². The fraction of sp³-hybridized carbons (Fsp3) is 0.286. The van der Waals surface area contributed by atoms with Gasteiger partial charge in [-0.1, -0.05) is 17.3 Å². The van der Waals surface area contributed by atoms with Gasteiger partial charge in [0.2, 0.25) is 0 Å². The molecule has 1 aliphatic heterocycles. The summed E-state index contributed by atoms with van der Waals surface area (Å²) in [5.41, 5.74) is 0.937. The number of nitrogens with zero attached hydrogens (tertiary/aromatic N) is 5. The first kappa shape index (κ1) is 19.2. The van der Waals surface area contributed by atoms with E-state index in [0.29, 0.717) is 36.9 Å². The number of carbonyl (C=O) groups is 1. The van der Waals surface area contributed by atoms with Gasteiger partial charge in [0.25, 0.3) is 11.5 Å². The van der Waals surface area contributed by atoms with Crippen LogP contribution in [0.2, 0.25) is 0 Å². The van der Waals surface area contributed by atoms with Gasteiger partial charge in [-0.3, -0.25) is 9.59 Å². The van der Waals surface area contributed by atoms with E-state index in [2.05, 4.69) is 20.3 Å². The molecule has 1 atom stereocenters. The summed E-state index contributed by atoms with van der Waals surface area (Å²) < 4.78 is 19.9. The first-order valence-electron chi connectivity index (χ1n) is 9.99. The van der Waals surface area contributed by atoms with Gasteiger partial charge in [0.05, 0.1) is 12.8 Å². The van der Waals surface area contributed by atoms with Crippen molar-refractivity contribution < 1.29 is 13.6 Å². The molecule has 158 valence electrons. The van der Waals surface area contributed by atoms with Crippen LogP contribution in [0.15, 0.2) is 51.9 Å². The fourth-order valence-corrected chi connectivity index (χ4v) is 3.89. The molecule has 5 rings (SSSR count). The summed E-state index contributed by atoms with van der Waals surface area (Å²) in [4.78, 5) is 34.4. The normalized spacial score (nSPS) is 16.7. The second-order valence-electron chi connectivity index (χ2n) is 7.56. The van der Waals surface area contributed by atoms with E-state index in [4.69, 9.17) is 4.42 Å². The molecule has 0 bridgehead atoms. The zero-order valence-corrected chi connectivity index (χ0v) is 16.5. The molecule has 1 N–H and O–H groups in total. The summed E-state index contributed by atoms with van der Waals surface area (Å²) in [7, 11) is 0. The molecule has 0 aliphatic carbocycles. The molecule has 0 spiro atoms. The van der Waals surface area contributed by atoms with Gasteiger partial charge in [0, 0.05) is 19.0 Å². The van der Waals surface area contributed by atoms with Crippen LogP contribution in [0.25, 0.3) is 11.2 Å². The lowest BCUT2D eigenvalue weighted by Crippen LogP contribution is -2.39. The number of nitrogens with one attached hydrogen (secondary N) is 1. The molecule has 1 fully saturated rings. The van der Waals surface area contributed by atoms with E-state index in [9.17, 15) is 14.0 Å². The minimum atomic E-state index is -0.375. The molecule has 1 saturated heterocycles. The van der Waals surface area contributed by atoms with Crippen LogP contribution in [-0.4, -0.2) is 48.9 Å². The molecular formula is C21H19FN6O3. The second-order valence-corrected chi connectivity index (χ2v) is 7.56. The average Bonchev–Trinajstić information content (AvgIpc) is 3.46. The summed E-state index contributed by atoms with van der Waals surface area (Å²) in [5, 5.41) is 8.00. The van der Waals surface area contributed by atoms with Crippen molar-refractivity contribution in [2.75, 3.05) is 13.1 Å². The number of aromatic amines is 1. The molecule has 0 unspecified atom stereocenters. The molecule has 1 aliphatic rings. The molecule has 0 radical (unpaired) electrons. The van der Waals surface area contributed by atoms with Crippen LogP contribution in [0.3, 0.4) is 0 Å². The number of benzene rings is 1. The molecule has 1 amide bonds. The summed E-state index contributed by atoms with van der Waals surface area (Å²) in [5.74, 6) is 0.159. The Labute approximate surface area is 175 Å². The van der Waals surface area contributed by atoms with Crippen LogP contribution >= 0.6 is 0 Å². The van der Waals surface area contributed by atoms with Crippen molar-refractivity contribution in [2.45, 2.75) is 25.3 Å². The van der Waals surface area contributed by atoms with Crippen molar-refractivity contribution in [2.24, 2.45) is 0 Å². The van der Waals surface area contributed by atoms with E-state index in [1.165, 1.54) is 23.1 Å². The lowest BCUT2D eigenvalue weighted by molar-refractivity contribution is 0.0672. The predicted molar refractivity (Wildman–Crippen MR) is 108 cm³/mol. The number of rotatable bonds is 4.